The predicted molar refractivity (Wildman–Crippen MR) is 76.0 cm³/mol. The van der Waals surface area contributed by atoms with Crippen LogP contribution >= 0.6 is 0 Å². The molecule has 0 amide bonds. The Morgan fingerprint density at radius 2 is 2.00 bits per heavy atom. The quantitative estimate of drug-likeness (QED) is 0.671. The van der Waals surface area contributed by atoms with Gasteiger partial charge in [0.25, 0.3) is 0 Å². The van der Waals surface area contributed by atoms with E-state index < -0.39 is 26.1 Å². The zero-order chi connectivity index (χ0) is 15.6. The number of hydrogen-bond donors (Lipinski definition) is 1. The molecular formula is C14H20F2O3Si. The van der Waals surface area contributed by atoms with Gasteiger partial charge in [-0.2, -0.15) is 8.78 Å². The normalized spacial score (nSPS) is 13.9. The highest BCUT2D eigenvalue weighted by atomic mass is 28.3. The van der Waals surface area contributed by atoms with E-state index >= 15 is 0 Å². The third-order valence-electron chi connectivity index (χ3n) is 2.96. The summed E-state index contributed by atoms with van der Waals surface area (Å²) in [6.07, 6.45) is -2.20. The monoisotopic (exact) mass is 302 g/mol. The Kier molecular flexibility index (Phi) is 5.04. The average molecular weight is 302 g/mol. The van der Waals surface area contributed by atoms with Crippen molar-refractivity contribution < 1.29 is 23.4 Å². The van der Waals surface area contributed by atoms with E-state index in [0.717, 1.165) is 5.19 Å². The molecule has 1 aromatic rings. The molecule has 0 fully saturated rings. The smallest absolute Gasteiger partial charge is 0.380 e. The van der Waals surface area contributed by atoms with Crippen LogP contribution < -0.4 is 5.19 Å². The molecule has 0 bridgehead atoms. The number of aliphatic hydroxyl groups excluding tert-OH is 1. The number of carbonyl (C=O) groups is 1. The average Bonchev–Trinajstić information content (AvgIpc) is 2.37. The molecule has 0 aliphatic carbocycles. The van der Waals surface area contributed by atoms with Crippen LogP contribution in [0.25, 0.3) is 0 Å². The summed E-state index contributed by atoms with van der Waals surface area (Å²) in [5.41, 5.74) is 0.0305. The van der Waals surface area contributed by atoms with Crippen LogP contribution in [0.4, 0.5) is 8.78 Å². The predicted octanol–water partition coefficient (Wildman–Crippen LogP) is 2.46. The van der Waals surface area contributed by atoms with E-state index in [4.69, 9.17) is 0 Å². The van der Waals surface area contributed by atoms with Gasteiger partial charge in [-0.25, -0.2) is 4.79 Å². The molecule has 1 aromatic carbocycles. The maximum absolute atomic E-state index is 13.8. The van der Waals surface area contributed by atoms with Gasteiger partial charge in [-0.1, -0.05) is 49.1 Å². The van der Waals surface area contributed by atoms with Gasteiger partial charge in [0.05, 0.1) is 14.7 Å². The van der Waals surface area contributed by atoms with Crippen LogP contribution in [-0.4, -0.2) is 31.7 Å². The first-order valence-electron chi connectivity index (χ1n) is 6.44. The molecule has 112 valence electrons. The number of carbonyl (C=O) groups excluding carboxylic acids is 1. The highest BCUT2D eigenvalue weighted by Gasteiger charge is 2.49. The molecule has 0 saturated carbocycles. The summed E-state index contributed by atoms with van der Waals surface area (Å²) >= 11 is 0. The molecule has 20 heavy (non-hydrogen) atoms. The molecule has 1 rings (SSSR count). The molecule has 0 heterocycles. The SMILES string of the molecule is CCOC(=O)C(F)(F)C(O)c1cccc([Si](C)(C)C)c1. The Bertz CT molecular complexity index is 484. The molecule has 1 atom stereocenters. The molecule has 0 aliphatic rings. The minimum atomic E-state index is -3.95. The van der Waals surface area contributed by atoms with Crippen molar-refractivity contribution in [3.63, 3.8) is 0 Å². The molecule has 3 nitrogen and oxygen atoms in total. The summed E-state index contributed by atoms with van der Waals surface area (Å²) in [6.45, 7) is 7.49. The van der Waals surface area contributed by atoms with E-state index in [0.29, 0.717) is 0 Å². The number of rotatable bonds is 5. The third-order valence-corrected chi connectivity index (χ3v) is 5.00. The summed E-state index contributed by atoms with van der Waals surface area (Å²) in [4.78, 5) is 11.2. The van der Waals surface area contributed by atoms with E-state index in [9.17, 15) is 18.7 Å². The molecule has 1 unspecified atom stereocenters. The Hall–Kier alpha value is -1.27. The van der Waals surface area contributed by atoms with Crippen LogP contribution in [0.15, 0.2) is 24.3 Å². The van der Waals surface area contributed by atoms with Crippen molar-refractivity contribution in [3.05, 3.63) is 29.8 Å². The number of benzene rings is 1. The zero-order valence-electron chi connectivity index (χ0n) is 12.1. The summed E-state index contributed by atoms with van der Waals surface area (Å²) in [5.74, 6) is -5.65. The van der Waals surface area contributed by atoms with Gasteiger partial charge in [0, 0.05) is 0 Å². The highest BCUT2D eigenvalue weighted by molar-refractivity contribution is 6.88. The Labute approximate surface area is 118 Å². The van der Waals surface area contributed by atoms with Gasteiger partial charge in [0.2, 0.25) is 0 Å². The van der Waals surface area contributed by atoms with Crippen molar-refractivity contribution in [1.29, 1.82) is 0 Å². The number of ether oxygens (including phenoxy) is 1. The lowest BCUT2D eigenvalue weighted by Gasteiger charge is -2.23. The third kappa shape index (κ3) is 3.64. The van der Waals surface area contributed by atoms with Gasteiger partial charge < -0.3 is 9.84 Å². The van der Waals surface area contributed by atoms with Crippen LogP contribution in [0.1, 0.15) is 18.6 Å². The van der Waals surface area contributed by atoms with E-state index in [2.05, 4.69) is 24.4 Å². The van der Waals surface area contributed by atoms with Gasteiger partial charge in [-0.15, -0.1) is 0 Å². The summed E-state index contributed by atoms with van der Waals surface area (Å²) in [6, 6.07) is 6.41. The minimum Gasteiger partial charge on any atom is -0.461 e. The first-order valence-corrected chi connectivity index (χ1v) is 9.94. The molecule has 6 heteroatoms. The van der Waals surface area contributed by atoms with Gasteiger partial charge >= 0.3 is 11.9 Å². The van der Waals surface area contributed by atoms with Crippen molar-refractivity contribution in [2.24, 2.45) is 0 Å². The minimum absolute atomic E-state index is 0.0305. The first-order chi connectivity index (χ1) is 9.10. The lowest BCUT2D eigenvalue weighted by Crippen LogP contribution is -2.40. The maximum Gasteiger partial charge on any atom is 0.380 e. The Balaban J connectivity index is 3.09. The Morgan fingerprint density at radius 3 is 2.50 bits per heavy atom. The van der Waals surface area contributed by atoms with Crippen LogP contribution in [0.5, 0.6) is 0 Å². The van der Waals surface area contributed by atoms with Crippen molar-refractivity contribution in [3.8, 4) is 0 Å². The maximum atomic E-state index is 13.8. The van der Waals surface area contributed by atoms with E-state index in [1.807, 2.05) is 6.07 Å². The van der Waals surface area contributed by atoms with Crippen LogP contribution in [0.3, 0.4) is 0 Å². The molecule has 0 saturated heterocycles. The largest absolute Gasteiger partial charge is 0.461 e. The van der Waals surface area contributed by atoms with E-state index in [1.54, 1.807) is 12.1 Å². The topological polar surface area (TPSA) is 46.5 Å². The number of halogens is 2. The van der Waals surface area contributed by atoms with Crippen molar-refractivity contribution in [1.82, 2.24) is 0 Å². The molecule has 0 spiro atoms. The van der Waals surface area contributed by atoms with Crippen molar-refractivity contribution >= 4 is 19.2 Å². The number of esters is 1. The fourth-order valence-corrected chi connectivity index (χ4v) is 2.92. The van der Waals surface area contributed by atoms with Crippen LogP contribution in [0, 0.1) is 0 Å². The van der Waals surface area contributed by atoms with Crippen molar-refractivity contribution in [2.45, 2.75) is 38.6 Å². The van der Waals surface area contributed by atoms with E-state index in [-0.39, 0.29) is 12.2 Å². The fourth-order valence-electron chi connectivity index (χ4n) is 1.72. The number of hydrogen-bond acceptors (Lipinski definition) is 3. The van der Waals surface area contributed by atoms with Gasteiger partial charge in [0.15, 0.2) is 6.10 Å². The summed E-state index contributed by atoms with van der Waals surface area (Å²) in [5, 5.41) is 10.7. The van der Waals surface area contributed by atoms with E-state index in [1.165, 1.54) is 13.0 Å². The number of aliphatic hydroxyl groups is 1. The second kappa shape index (κ2) is 6.01. The van der Waals surface area contributed by atoms with Crippen molar-refractivity contribution in [2.75, 3.05) is 6.61 Å². The number of alkyl halides is 2. The Morgan fingerprint density at radius 1 is 1.40 bits per heavy atom. The lowest BCUT2D eigenvalue weighted by atomic mass is 10.0. The van der Waals surface area contributed by atoms with Crippen LogP contribution in [0.2, 0.25) is 19.6 Å². The molecule has 0 radical (unpaired) electrons. The molecular weight excluding hydrogens is 282 g/mol. The molecule has 1 N–H and O–H groups in total. The second-order valence-electron chi connectivity index (χ2n) is 5.62. The van der Waals surface area contributed by atoms with Gasteiger partial charge in [0.1, 0.15) is 0 Å². The summed E-state index contributed by atoms with van der Waals surface area (Å²) in [7, 11) is -1.68. The first kappa shape index (κ1) is 16.8. The lowest BCUT2D eigenvalue weighted by molar-refractivity contribution is -0.189. The summed E-state index contributed by atoms with van der Waals surface area (Å²) < 4.78 is 31.9. The highest BCUT2D eigenvalue weighted by Crippen LogP contribution is 2.32. The molecule has 0 aromatic heterocycles. The van der Waals surface area contributed by atoms with Gasteiger partial charge in [-0.3, -0.25) is 0 Å². The van der Waals surface area contributed by atoms with Gasteiger partial charge in [-0.05, 0) is 12.5 Å². The second-order valence-corrected chi connectivity index (χ2v) is 10.7. The van der Waals surface area contributed by atoms with Crippen LogP contribution in [-0.2, 0) is 9.53 Å². The molecule has 0 aliphatic heterocycles. The standard InChI is InChI=1S/C14H20F2O3Si/c1-5-19-13(18)14(15,16)12(17)10-7-6-8-11(9-10)20(2,3)4/h6-9,12,17H,5H2,1-4H3. The fraction of sp³-hybridized carbons (Fsp3) is 0.500. The zero-order valence-corrected chi connectivity index (χ0v) is 13.1.